The van der Waals surface area contributed by atoms with Crippen LogP contribution >= 0.6 is 0 Å². The Kier molecular flexibility index (Phi) is 6.16. The zero-order chi connectivity index (χ0) is 16.8. The van der Waals surface area contributed by atoms with Crippen molar-refractivity contribution in [1.82, 2.24) is 4.90 Å². The molecule has 2 rings (SSSR count). The molecule has 0 radical (unpaired) electrons. The number of carboxylic acid groups (broad SMARTS) is 1. The summed E-state index contributed by atoms with van der Waals surface area (Å²) in [5, 5.41) is 9.14. The Balaban J connectivity index is 2.06. The first kappa shape index (κ1) is 17.5. The van der Waals surface area contributed by atoms with E-state index < -0.39 is 11.9 Å². The number of ether oxygens (including phenoxy) is 1. The summed E-state index contributed by atoms with van der Waals surface area (Å²) in [5.41, 5.74) is 0.544. The third kappa shape index (κ3) is 5.06. The van der Waals surface area contributed by atoms with Crippen LogP contribution in [0.5, 0.6) is 5.75 Å². The fourth-order valence-corrected chi connectivity index (χ4v) is 3.00. The molecule has 1 aromatic carbocycles. The smallest absolute Gasteiger partial charge is 0.304 e. The SMILES string of the molecule is COc1ccc(C(=O)C(CC(=O)O)CN2CCC(C)CC2)cc1. The van der Waals surface area contributed by atoms with E-state index in [-0.39, 0.29) is 12.2 Å². The molecule has 0 bridgehead atoms. The molecule has 1 aliphatic heterocycles. The standard InChI is InChI=1S/C18H25NO4/c1-13-7-9-19(10-8-13)12-15(11-17(20)21)18(22)14-3-5-16(23-2)6-4-14/h3-6,13,15H,7-12H2,1-2H3,(H,20,21). The number of carbonyl (C=O) groups excluding carboxylic acids is 1. The van der Waals surface area contributed by atoms with Gasteiger partial charge in [0.25, 0.3) is 0 Å². The molecule has 0 aromatic heterocycles. The molecule has 1 fully saturated rings. The Morgan fingerprint density at radius 2 is 1.87 bits per heavy atom. The third-order valence-corrected chi connectivity index (χ3v) is 4.52. The lowest BCUT2D eigenvalue weighted by Gasteiger charge is -2.32. The highest BCUT2D eigenvalue weighted by molar-refractivity contribution is 5.99. The molecule has 0 amide bonds. The quantitative estimate of drug-likeness (QED) is 0.783. The van der Waals surface area contributed by atoms with E-state index in [0.29, 0.717) is 23.8 Å². The molecular weight excluding hydrogens is 294 g/mol. The number of rotatable bonds is 7. The van der Waals surface area contributed by atoms with Crippen molar-refractivity contribution in [2.75, 3.05) is 26.7 Å². The molecule has 5 nitrogen and oxygen atoms in total. The zero-order valence-electron chi connectivity index (χ0n) is 13.8. The first-order chi connectivity index (χ1) is 11.0. The minimum Gasteiger partial charge on any atom is -0.497 e. The lowest BCUT2D eigenvalue weighted by atomic mass is 9.92. The van der Waals surface area contributed by atoms with Gasteiger partial charge in [0.15, 0.2) is 5.78 Å². The molecular formula is C18H25NO4. The average Bonchev–Trinajstić information content (AvgIpc) is 2.55. The summed E-state index contributed by atoms with van der Waals surface area (Å²) in [6.45, 7) is 4.62. The summed E-state index contributed by atoms with van der Waals surface area (Å²) in [6, 6.07) is 6.86. The molecule has 1 atom stereocenters. The van der Waals surface area contributed by atoms with Crippen LogP contribution in [0.1, 0.15) is 36.5 Å². The molecule has 1 N–H and O–H groups in total. The van der Waals surface area contributed by atoms with Crippen molar-refractivity contribution in [2.45, 2.75) is 26.2 Å². The number of likely N-dealkylation sites (tertiary alicyclic amines) is 1. The van der Waals surface area contributed by atoms with E-state index in [1.807, 2.05) is 0 Å². The van der Waals surface area contributed by atoms with Crippen molar-refractivity contribution >= 4 is 11.8 Å². The van der Waals surface area contributed by atoms with Gasteiger partial charge in [-0.2, -0.15) is 0 Å². The molecule has 0 aliphatic carbocycles. The highest BCUT2D eigenvalue weighted by atomic mass is 16.5. The summed E-state index contributed by atoms with van der Waals surface area (Å²) in [5.74, 6) is -0.145. The number of Topliss-reactive ketones (excluding diaryl/α,β-unsaturated/α-hetero) is 1. The largest absolute Gasteiger partial charge is 0.497 e. The minimum atomic E-state index is -0.928. The van der Waals surface area contributed by atoms with Gasteiger partial charge < -0.3 is 14.7 Å². The third-order valence-electron chi connectivity index (χ3n) is 4.52. The van der Waals surface area contributed by atoms with Crippen LogP contribution in [0.4, 0.5) is 0 Å². The van der Waals surface area contributed by atoms with Crippen LogP contribution in [0, 0.1) is 11.8 Å². The van der Waals surface area contributed by atoms with E-state index in [1.54, 1.807) is 31.4 Å². The van der Waals surface area contributed by atoms with Crippen molar-refractivity contribution in [3.63, 3.8) is 0 Å². The van der Waals surface area contributed by atoms with Gasteiger partial charge in [-0.1, -0.05) is 6.92 Å². The molecule has 1 saturated heterocycles. The lowest BCUT2D eigenvalue weighted by molar-refractivity contribution is -0.137. The van der Waals surface area contributed by atoms with Gasteiger partial charge in [-0.25, -0.2) is 0 Å². The number of hydrogen-bond donors (Lipinski definition) is 1. The van der Waals surface area contributed by atoms with Crippen molar-refractivity contribution in [2.24, 2.45) is 11.8 Å². The van der Waals surface area contributed by atoms with Gasteiger partial charge in [0.1, 0.15) is 5.75 Å². The molecule has 0 spiro atoms. The van der Waals surface area contributed by atoms with Crippen LogP contribution in [0.2, 0.25) is 0 Å². The Morgan fingerprint density at radius 1 is 1.26 bits per heavy atom. The predicted octanol–water partition coefficient (Wildman–Crippen LogP) is 2.70. The summed E-state index contributed by atoms with van der Waals surface area (Å²) < 4.78 is 5.09. The van der Waals surface area contributed by atoms with Gasteiger partial charge in [0.05, 0.1) is 13.5 Å². The lowest BCUT2D eigenvalue weighted by Crippen LogP contribution is -2.39. The molecule has 126 valence electrons. The van der Waals surface area contributed by atoms with Crippen molar-refractivity contribution < 1.29 is 19.4 Å². The monoisotopic (exact) mass is 319 g/mol. The molecule has 1 heterocycles. The van der Waals surface area contributed by atoms with Crippen molar-refractivity contribution in [3.05, 3.63) is 29.8 Å². The second-order valence-corrected chi connectivity index (χ2v) is 6.37. The maximum absolute atomic E-state index is 12.7. The van der Waals surface area contributed by atoms with Crippen molar-refractivity contribution in [3.8, 4) is 5.75 Å². The number of ketones is 1. The van der Waals surface area contributed by atoms with Crippen LogP contribution in [0.3, 0.4) is 0 Å². The first-order valence-electron chi connectivity index (χ1n) is 8.12. The summed E-state index contributed by atoms with van der Waals surface area (Å²) in [7, 11) is 1.57. The van der Waals surface area contributed by atoms with Crippen molar-refractivity contribution in [1.29, 1.82) is 0 Å². The number of carboxylic acids is 1. The number of carbonyl (C=O) groups is 2. The summed E-state index contributed by atoms with van der Waals surface area (Å²) in [6.07, 6.45) is 2.09. The molecule has 23 heavy (non-hydrogen) atoms. The highest BCUT2D eigenvalue weighted by Gasteiger charge is 2.27. The van der Waals surface area contributed by atoms with Gasteiger partial charge in [-0.05, 0) is 56.1 Å². The van der Waals surface area contributed by atoms with E-state index in [2.05, 4.69) is 11.8 Å². The fourth-order valence-electron chi connectivity index (χ4n) is 3.00. The van der Waals surface area contributed by atoms with Gasteiger partial charge >= 0.3 is 5.97 Å². The van der Waals surface area contributed by atoms with Gasteiger partial charge in [-0.15, -0.1) is 0 Å². The first-order valence-corrected chi connectivity index (χ1v) is 8.12. The number of methoxy groups -OCH3 is 1. The Hall–Kier alpha value is -1.88. The Labute approximate surface area is 137 Å². The van der Waals surface area contributed by atoms with E-state index >= 15 is 0 Å². The summed E-state index contributed by atoms with van der Waals surface area (Å²) in [4.78, 5) is 26.1. The number of aliphatic carboxylic acids is 1. The molecule has 0 saturated carbocycles. The Morgan fingerprint density at radius 3 is 2.39 bits per heavy atom. The number of hydrogen-bond acceptors (Lipinski definition) is 4. The zero-order valence-corrected chi connectivity index (χ0v) is 13.8. The second-order valence-electron chi connectivity index (χ2n) is 6.37. The van der Waals surface area contributed by atoms with Crippen LogP contribution in [0.25, 0.3) is 0 Å². The molecule has 1 unspecified atom stereocenters. The van der Waals surface area contributed by atoms with E-state index in [1.165, 1.54) is 0 Å². The molecule has 1 aromatic rings. The van der Waals surface area contributed by atoms with Gasteiger partial charge in [0, 0.05) is 18.0 Å². The topological polar surface area (TPSA) is 66.8 Å². The fraction of sp³-hybridized carbons (Fsp3) is 0.556. The van der Waals surface area contributed by atoms with Gasteiger partial charge in [-0.3, -0.25) is 9.59 Å². The number of nitrogens with zero attached hydrogens (tertiary/aromatic N) is 1. The average molecular weight is 319 g/mol. The maximum atomic E-state index is 12.7. The minimum absolute atomic E-state index is 0.103. The highest BCUT2D eigenvalue weighted by Crippen LogP contribution is 2.21. The van der Waals surface area contributed by atoms with Crippen LogP contribution in [-0.2, 0) is 4.79 Å². The van der Waals surface area contributed by atoms with Crippen LogP contribution in [-0.4, -0.2) is 48.5 Å². The second kappa shape index (κ2) is 8.11. The normalized spacial score (nSPS) is 17.7. The van der Waals surface area contributed by atoms with E-state index in [4.69, 9.17) is 9.84 Å². The number of benzene rings is 1. The van der Waals surface area contributed by atoms with Crippen LogP contribution in [0.15, 0.2) is 24.3 Å². The molecule has 1 aliphatic rings. The Bertz CT molecular complexity index is 532. The van der Waals surface area contributed by atoms with E-state index in [0.717, 1.165) is 25.9 Å². The summed E-state index contributed by atoms with van der Waals surface area (Å²) >= 11 is 0. The number of piperidine rings is 1. The van der Waals surface area contributed by atoms with E-state index in [9.17, 15) is 9.59 Å². The maximum Gasteiger partial charge on any atom is 0.304 e. The predicted molar refractivity (Wildman–Crippen MR) is 87.9 cm³/mol. The molecule has 5 heteroatoms. The van der Waals surface area contributed by atoms with Crippen LogP contribution < -0.4 is 4.74 Å². The van der Waals surface area contributed by atoms with Gasteiger partial charge in [0.2, 0.25) is 0 Å².